The van der Waals surface area contributed by atoms with Crippen LogP contribution in [-0.4, -0.2) is 29.1 Å². The second-order valence-electron chi connectivity index (χ2n) is 5.99. The number of aromatic amines is 1. The minimum Gasteiger partial charge on any atom is -0.497 e. The van der Waals surface area contributed by atoms with Gasteiger partial charge in [0.05, 0.1) is 35.4 Å². The summed E-state index contributed by atoms with van der Waals surface area (Å²) in [6.07, 6.45) is 0. The molecule has 3 aromatic rings. The van der Waals surface area contributed by atoms with E-state index in [0.717, 1.165) is 5.69 Å². The molecule has 27 heavy (non-hydrogen) atoms. The number of rotatable bonds is 5. The summed E-state index contributed by atoms with van der Waals surface area (Å²) in [5.74, 6) is 0.0268. The summed E-state index contributed by atoms with van der Waals surface area (Å²) in [6, 6.07) is 13.6. The van der Waals surface area contributed by atoms with Gasteiger partial charge in [0.25, 0.3) is 11.8 Å². The Bertz CT molecular complexity index is 958. The van der Waals surface area contributed by atoms with Gasteiger partial charge in [-0.3, -0.25) is 14.7 Å². The van der Waals surface area contributed by atoms with Gasteiger partial charge in [-0.25, -0.2) is 0 Å². The highest BCUT2D eigenvalue weighted by molar-refractivity contribution is 6.12. The number of methoxy groups -OCH3 is 1. The second kappa shape index (κ2) is 7.74. The molecular weight excluding hydrogens is 344 g/mol. The van der Waals surface area contributed by atoms with Crippen LogP contribution in [0.3, 0.4) is 0 Å². The van der Waals surface area contributed by atoms with Crippen molar-refractivity contribution in [2.45, 2.75) is 13.8 Å². The van der Waals surface area contributed by atoms with Crippen LogP contribution >= 0.6 is 0 Å². The Morgan fingerprint density at radius 2 is 1.67 bits per heavy atom. The number of aromatic nitrogens is 2. The topological polar surface area (TPSA) is 96.1 Å². The maximum atomic E-state index is 12.7. The molecule has 0 saturated heterocycles. The molecule has 0 bridgehead atoms. The molecular formula is C20H20N4O3. The average Bonchev–Trinajstić information content (AvgIpc) is 3.00. The lowest BCUT2D eigenvalue weighted by Crippen LogP contribution is -2.18. The van der Waals surface area contributed by atoms with E-state index in [9.17, 15) is 9.59 Å². The molecule has 1 aromatic heterocycles. The van der Waals surface area contributed by atoms with E-state index in [1.807, 2.05) is 6.92 Å². The van der Waals surface area contributed by atoms with Crippen molar-refractivity contribution in [1.29, 1.82) is 0 Å². The van der Waals surface area contributed by atoms with Crippen LogP contribution in [0.1, 0.15) is 32.1 Å². The molecule has 0 aliphatic rings. The molecule has 0 spiro atoms. The third-order valence-electron chi connectivity index (χ3n) is 4.14. The minimum absolute atomic E-state index is 0.312. The maximum Gasteiger partial charge on any atom is 0.257 e. The lowest BCUT2D eigenvalue weighted by Gasteiger charge is -2.12. The fourth-order valence-corrected chi connectivity index (χ4v) is 2.64. The van der Waals surface area contributed by atoms with E-state index in [-0.39, 0.29) is 11.8 Å². The number of amides is 2. The number of H-pyrrole nitrogens is 1. The zero-order valence-corrected chi connectivity index (χ0v) is 15.3. The average molecular weight is 364 g/mol. The van der Waals surface area contributed by atoms with Crippen LogP contribution in [0.4, 0.5) is 11.4 Å². The van der Waals surface area contributed by atoms with E-state index in [1.165, 1.54) is 0 Å². The highest BCUT2D eigenvalue weighted by atomic mass is 16.5. The van der Waals surface area contributed by atoms with Gasteiger partial charge >= 0.3 is 0 Å². The van der Waals surface area contributed by atoms with Crippen molar-refractivity contribution >= 4 is 23.2 Å². The largest absolute Gasteiger partial charge is 0.497 e. The van der Waals surface area contributed by atoms with Crippen LogP contribution < -0.4 is 15.4 Å². The van der Waals surface area contributed by atoms with Crippen molar-refractivity contribution in [3.8, 4) is 5.75 Å². The first-order valence-electron chi connectivity index (χ1n) is 8.37. The molecule has 3 rings (SSSR count). The number of benzene rings is 2. The van der Waals surface area contributed by atoms with Crippen molar-refractivity contribution in [2.24, 2.45) is 0 Å². The van der Waals surface area contributed by atoms with Gasteiger partial charge in [0, 0.05) is 5.56 Å². The Morgan fingerprint density at radius 3 is 2.30 bits per heavy atom. The first-order chi connectivity index (χ1) is 13.0. The van der Waals surface area contributed by atoms with Gasteiger partial charge in [-0.1, -0.05) is 12.1 Å². The van der Waals surface area contributed by atoms with Crippen LogP contribution in [-0.2, 0) is 0 Å². The number of hydrogen-bond donors (Lipinski definition) is 3. The van der Waals surface area contributed by atoms with Gasteiger partial charge in [-0.05, 0) is 50.2 Å². The highest BCUT2D eigenvalue weighted by Gasteiger charge is 2.17. The van der Waals surface area contributed by atoms with E-state index < -0.39 is 0 Å². The summed E-state index contributed by atoms with van der Waals surface area (Å²) < 4.78 is 5.09. The van der Waals surface area contributed by atoms with Crippen molar-refractivity contribution in [3.63, 3.8) is 0 Å². The van der Waals surface area contributed by atoms with E-state index in [4.69, 9.17) is 4.74 Å². The van der Waals surface area contributed by atoms with Gasteiger partial charge in [0.1, 0.15) is 5.75 Å². The zero-order valence-electron chi connectivity index (χ0n) is 15.3. The Hall–Kier alpha value is -3.61. The fourth-order valence-electron chi connectivity index (χ4n) is 2.64. The minimum atomic E-state index is -0.326. The van der Waals surface area contributed by atoms with Crippen molar-refractivity contribution in [1.82, 2.24) is 10.2 Å². The number of nitrogens with one attached hydrogen (secondary N) is 3. The second-order valence-corrected chi connectivity index (χ2v) is 5.99. The standard InChI is InChI=1S/C20H20N4O3/c1-12-18(13(2)24-23-12)22-20(26)16-6-4-5-7-17(16)21-19(25)14-8-10-15(27-3)11-9-14/h4-11H,1-3H3,(H,21,25)(H,22,26)(H,23,24). The molecule has 1 heterocycles. The molecule has 0 aliphatic carbocycles. The van der Waals surface area contributed by atoms with Crippen molar-refractivity contribution in [2.75, 3.05) is 17.7 Å². The third kappa shape index (κ3) is 3.98. The molecule has 0 radical (unpaired) electrons. The summed E-state index contributed by atoms with van der Waals surface area (Å²) in [4.78, 5) is 25.2. The predicted octanol–water partition coefficient (Wildman–Crippen LogP) is 3.54. The number of hydrogen-bond acceptors (Lipinski definition) is 4. The molecule has 3 N–H and O–H groups in total. The quantitative estimate of drug-likeness (QED) is 0.645. The van der Waals surface area contributed by atoms with Crippen LogP contribution in [0.5, 0.6) is 5.75 Å². The summed E-state index contributed by atoms with van der Waals surface area (Å²) in [7, 11) is 1.56. The number of aryl methyl sites for hydroxylation is 2. The highest BCUT2D eigenvalue weighted by Crippen LogP contribution is 2.21. The van der Waals surface area contributed by atoms with Gasteiger partial charge in [0.15, 0.2) is 0 Å². The molecule has 0 unspecified atom stereocenters. The van der Waals surface area contributed by atoms with E-state index in [2.05, 4.69) is 20.8 Å². The van der Waals surface area contributed by atoms with Gasteiger partial charge in [0.2, 0.25) is 0 Å². The summed E-state index contributed by atoms with van der Waals surface area (Å²) in [5, 5.41) is 12.5. The summed E-state index contributed by atoms with van der Waals surface area (Å²) in [5.41, 5.74) is 3.35. The molecule has 0 saturated carbocycles. The Morgan fingerprint density at radius 1 is 0.963 bits per heavy atom. The molecule has 7 nitrogen and oxygen atoms in total. The third-order valence-corrected chi connectivity index (χ3v) is 4.14. The monoisotopic (exact) mass is 364 g/mol. The van der Waals surface area contributed by atoms with Crippen LogP contribution in [0, 0.1) is 13.8 Å². The van der Waals surface area contributed by atoms with E-state index >= 15 is 0 Å². The molecule has 138 valence electrons. The molecule has 7 heteroatoms. The van der Waals surface area contributed by atoms with Crippen LogP contribution in [0.2, 0.25) is 0 Å². The Labute approximate surface area is 156 Å². The molecule has 0 atom stereocenters. The van der Waals surface area contributed by atoms with E-state index in [0.29, 0.717) is 33.9 Å². The van der Waals surface area contributed by atoms with Crippen molar-refractivity contribution in [3.05, 3.63) is 71.0 Å². The Balaban J connectivity index is 1.80. The number of carbonyl (C=O) groups excluding carboxylic acids is 2. The maximum absolute atomic E-state index is 12.7. The number of para-hydroxylation sites is 1. The van der Waals surface area contributed by atoms with E-state index in [1.54, 1.807) is 62.6 Å². The molecule has 2 amide bonds. The summed E-state index contributed by atoms with van der Waals surface area (Å²) in [6.45, 7) is 3.63. The number of anilines is 2. The first-order valence-corrected chi connectivity index (χ1v) is 8.37. The molecule has 0 fully saturated rings. The SMILES string of the molecule is COc1ccc(C(=O)Nc2ccccc2C(=O)Nc2c(C)n[nH]c2C)cc1. The van der Waals surface area contributed by atoms with Crippen LogP contribution in [0.25, 0.3) is 0 Å². The number of ether oxygens (including phenoxy) is 1. The Kier molecular flexibility index (Phi) is 5.21. The molecule has 0 aliphatic heterocycles. The first kappa shape index (κ1) is 18.2. The van der Waals surface area contributed by atoms with Crippen LogP contribution in [0.15, 0.2) is 48.5 Å². The fraction of sp³-hybridized carbons (Fsp3) is 0.150. The summed E-state index contributed by atoms with van der Waals surface area (Å²) >= 11 is 0. The van der Waals surface area contributed by atoms with Gasteiger partial charge in [-0.2, -0.15) is 5.10 Å². The van der Waals surface area contributed by atoms with Gasteiger partial charge in [-0.15, -0.1) is 0 Å². The normalized spacial score (nSPS) is 10.3. The predicted molar refractivity (Wildman–Crippen MR) is 103 cm³/mol. The number of nitrogens with zero attached hydrogens (tertiary/aromatic N) is 1. The zero-order chi connectivity index (χ0) is 19.4. The van der Waals surface area contributed by atoms with Gasteiger partial charge < -0.3 is 15.4 Å². The lowest BCUT2D eigenvalue weighted by atomic mass is 10.1. The lowest BCUT2D eigenvalue weighted by molar-refractivity contribution is 0.102. The van der Waals surface area contributed by atoms with Crippen molar-refractivity contribution < 1.29 is 14.3 Å². The molecule has 2 aromatic carbocycles. The smallest absolute Gasteiger partial charge is 0.257 e. The number of carbonyl (C=O) groups is 2.